The van der Waals surface area contributed by atoms with Gasteiger partial charge in [-0.2, -0.15) is 0 Å². The maximum absolute atomic E-state index is 4.35. The molecule has 0 unspecified atom stereocenters. The summed E-state index contributed by atoms with van der Waals surface area (Å²) in [6.07, 6.45) is 1.14. The molecule has 1 aromatic heterocycles. The van der Waals surface area contributed by atoms with E-state index in [-0.39, 0.29) is 0 Å². The second-order valence-corrected chi connectivity index (χ2v) is 3.48. The average molecular weight is 189 g/mol. The van der Waals surface area contributed by atoms with Crippen molar-refractivity contribution < 1.29 is 0 Å². The molecule has 2 rings (SSSR count). The molecule has 0 spiro atoms. The van der Waals surface area contributed by atoms with E-state index < -0.39 is 0 Å². The van der Waals surface area contributed by atoms with Crippen molar-refractivity contribution in [2.45, 2.75) is 20.3 Å². The first-order valence-corrected chi connectivity index (χ1v) is 5.00. The Morgan fingerprint density at radius 1 is 1.43 bits per heavy atom. The lowest BCUT2D eigenvalue weighted by atomic mass is 10.2. The van der Waals surface area contributed by atoms with Crippen LogP contribution in [-0.4, -0.2) is 16.5 Å². The SMILES string of the molecule is CCCNc1ccc2nc(C)[nH]c2c1. The summed E-state index contributed by atoms with van der Waals surface area (Å²) in [5.41, 5.74) is 3.29. The number of fused-ring (bicyclic) bond motifs is 1. The third-order valence-electron chi connectivity index (χ3n) is 2.18. The Hall–Kier alpha value is -1.51. The van der Waals surface area contributed by atoms with Crippen molar-refractivity contribution in [2.75, 3.05) is 11.9 Å². The van der Waals surface area contributed by atoms with Crippen molar-refractivity contribution in [1.82, 2.24) is 9.97 Å². The van der Waals surface area contributed by atoms with Crippen molar-refractivity contribution in [3.8, 4) is 0 Å². The van der Waals surface area contributed by atoms with E-state index >= 15 is 0 Å². The van der Waals surface area contributed by atoms with Crippen LogP contribution in [0.2, 0.25) is 0 Å². The van der Waals surface area contributed by atoms with Crippen LogP contribution in [-0.2, 0) is 0 Å². The normalized spacial score (nSPS) is 10.7. The summed E-state index contributed by atoms with van der Waals surface area (Å²) in [4.78, 5) is 7.58. The van der Waals surface area contributed by atoms with Crippen LogP contribution in [0.5, 0.6) is 0 Å². The monoisotopic (exact) mass is 189 g/mol. The van der Waals surface area contributed by atoms with Gasteiger partial charge in [-0.1, -0.05) is 6.92 Å². The number of nitrogens with one attached hydrogen (secondary N) is 2. The number of aromatic amines is 1. The van der Waals surface area contributed by atoms with E-state index in [1.807, 2.05) is 13.0 Å². The van der Waals surface area contributed by atoms with Crippen LogP contribution in [0, 0.1) is 6.92 Å². The highest BCUT2D eigenvalue weighted by atomic mass is 14.9. The number of aryl methyl sites for hydroxylation is 1. The van der Waals surface area contributed by atoms with Gasteiger partial charge in [0.2, 0.25) is 0 Å². The van der Waals surface area contributed by atoms with Crippen molar-refractivity contribution >= 4 is 16.7 Å². The van der Waals surface area contributed by atoms with E-state index in [1.165, 1.54) is 0 Å². The number of hydrogen-bond acceptors (Lipinski definition) is 2. The van der Waals surface area contributed by atoms with Gasteiger partial charge in [-0.3, -0.25) is 0 Å². The van der Waals surface area contributed by atoms with E-state index in [0.717, 1.165) is 35.5 Å². The number of imidazole rings is 1. The number of anilines is 1. The van der Waals surface area contributed by atoms with E-state index in [9.17, 15) is 0 Å². The zero-order valence-corrected chi connectivity index (χ0v) is 8.59. The Balaban J connectivity index is 2.31. The van der Waals surface area contributed by atoms with E-state index in [4.69, 9.17) is 0 Å². The number of rotatable bonds is 3. The van der Waals surface area contributed by atoms with Crippen molar-refractivity contribution in [1.29, 1.82) is 0 Å². The highest BCUT2D eigenvalue weighted by Gasteiger charge is 1.99. The minimum atomic E-state index is 0.965. The molecule has 0 aliphatic carbocycles. The van der Waals surface area contributed by atoms with Gasteiger partial charge < -0.3 is 10.3 Å². The predicted molar refractivity (Wildman–Crippen MR) is 59.6 cm³/mol. The van der Waals surface area contributed by atoms with E-state index in [2.05, 4.69) is 34.3 Å². The predicted octanol–water partition coefficient (Wildman–Crippen LogP) is 2.69. The van der Waals surface area contributed by atoms with Gasteiger partial charge in [-0.05, 0) is 31.5 Å². The molecule has 0 fully saturated rings. The van der Waals surface area contributed by atoms with Crippen LogP contribution in [0.3, 0.4) is 0 Å². The fourth-order valence-corrected chi connectivity index (χ4v) is 1.52. The zero-order chi connectivity index (χ0) is 9.97. The standard InChI is InChI=1S/C11H15N3/c1-3-6-12-9-4-5-10-11(7-9)14-8(2)13-10/h4-5,7,12H,3,6H2,1-2H3,(H,13,14). The molecule has 1 aromatic carbocycles. The molecule has 0 saturated heterocycles. The molecule has 0 bridgehead atoms. The molecule has 0 saturated carbocycles. The van der Waals surface area contributed by atoms with Gasteiger partial charge in [-0.25, -0.2) is 4.98 Å². The van der Waals surface area contributed by atoms with Gasteiger partial charge in [-0.15, -0.1) is 0 Å². The zero-order valence-electron chi connectivity index (χ0n) is 8.59. The lowest BCUT2D eigenvalue weighted by Gasteiger charge is -2.03. The summed E-state index contributed by atoms with van der Waals surface area (Å²) in [6, 6.07) is 6.21. The molecule has 0 aliphatic rings. The maximum Gasteiger partial charge on any atom is 0.104 e. The van der Waals surface area contributed by atoms with Crippen LogP contribution >= 0.6 is 0 Å². The van der Waals surface area contributed by atoms with E-state index in [0.29, 0.717) is 0 Å². The summed E-state index contributed by atoms with van der Waals surface area (Å²) in [5.74, 6) is 0.965. The van der Waals surface area contributed by atoms with Gasteiger partial charge in [0.05, 0.1) is 11.0 Å². The molecule has 0 atom stereocenters. The van der Waals surface area contributed by atoms with Crippen LogP contribution in [0.25, 0.3) is 11.0 Å². The first kappa shape index (κ1) is 9.06. The smallest absolute Gasteiger partial charge is 0.104 e. The number of aromatic nitrogens is 2. The Labute approximate surface area is 83.6 Å². The molecule has 2 aromatic rings. The Morgan fingerprint density at radius 3 is 3.07 bits per heavy atom. The molecule has 1 heterocycles. The average Bonchev–Trinajstić information content (AvgIpc) is 2.54. The molecule has 0 amide bonds. The first-order chi connectivity index (χ1) is 6.79. The molecule has 14 heavy (non-hydrogen) atoms. The summed E-state index contributed by atoms with van der Waals surface area (Å²) in [7, 11) is 0. The van der Waals surface area contributed by atoms with Crippen molar-refractivity contribution in [3.63, 3.8) is 0 Å². The fraction of sp³-hybridized carbons (Fsp3) is 0.364. The minimum absolute atomic E-state index is 0.965. The van der Waals surface area contributed by atoms with Crippen LogP contribution in [0.4, 0.5) is 5.69 Å². The number of hydrogen-bond donors (Lipinski definition) is 2. The Kier molecular flexibility index (Phi) is 2.39. The maximum atomic E-state index is 4.35. The molecule has 0 radical (unpaired) electrons. The van der Waals surface area contributed by atoms with Gasteiger partial charge in [0.1, 0.15) is 5.82 Å². The molecule has 3 nitrogen and oxygen atoms in total. The lowest BCUT2D eigenvalue weighted by molar-refractivity contribution is 0.980. The first-order valence-electron chi connectivity index (χ1n) is 5.00. The quantitative estimate of drug-likeness (QED) is 0.779. The second kappa shape index (κ2) is 3.70. The van der Waals surface area contributed by atoms with Gasteiger partial charge in [0, 0.05) is 12.2 Å². The molecule has 74 valence electrons. The highest BCUT2D eigenvalue weighted by Crippen LogP contribution is 2.16. The Bertz CT molecular complexity index is 431. The van der Waals surface area contributed by atoms with Gasteiger partial charge >= 0.3 is 0 Å². The summed E-state index contributed by atoms with van der Waals surface area (Å²) >= 11 is 0. The largest absolute Gasteiger partial charge is 0.385 e. The van der Waals surface area contributed by atoms with Crippen LogP contribution in [0.15, 0.2) is 18.2 Å². The molecule has 3 heteroatoms. The molecular weight excluding hydrogens is 174 g/mol. The highest BCUT2D eigenvalue weighted by molar-refractivity contribution is 5.79. The summed E-state index contributed by atoms with van der Waals surface area (Å²) in [6.45, 7) is 5.14. The fourth-order valence-electron chi connectivity index (χ4n) is 1.52. The van der Waals surface area contributed by atoms with Gasteiger partial charge in [0.15, 0.2) is 0 Å². The molecule has 2 N–H and O–H groups in total. The van der Waals surface area contributed by atoms with Crippen LogP contribution < -0.4 is 5.32 Å². The summed E-state index contributed by atoms with van der Waals surface area (Å²) < 4.78 is 0. The van der Waals surface area contributed by atoms with Gasteiger partial charge in [0.25, 0.3) is 0 Å². The molecular formula is C11H15N3. The second-order valence-electron chi connectivity index (χ2n) is 3.48. The third kappa shape index (κ3) is 1.71. The Morgan fingerprint density at radius 2 is 2.29 bits per heavy atom. The number of H-pyrrole nitrogens is 1. The van der Waals surface area contributed by atoms with E-state index in [1.54, 1.807) is 0 Å². The number of benzene rings is 1. The minimum Gasteiger partial charge on any atom is -0.385 e. The third-order valence-corrected chi connectivity index (χ3v) is 2.18. The van der Waals surface area contributed by atoms with Crippen molar-refractivity contribution in [3.05, 3.63) is 24.0 Å². The topological polar surface area (TPSA) is 40.7 Å². The summed E-state index contributed by atoms with van der Waals surface area (Å²) in [5, 5.41) is 3.35. The van der Waals surface area contributed by atoms with Crippen LogP contribution in [0.1, 0.15) is 19.2 Å². The molecule has 0 aliphatic heterocycles. The number of nitrogens with zero attached hydrogens (tertiary/aromatic N) is 1. The lowest BCUT2D eigenvalue weighted by Crippen LogP contribution is -1.98. The van der Waals surface area contributed by atoms with Crippen molar-refractivity contribution in [2.24, 2.45) is 0 Å².